The number of nitrogens with one attached hydrogen (secondary N) is 1. The Bertz CT molecular complexity index is 602. The third kappa shape index (κ3) is 26.9. The van der Waals surface area contributed by atoms with Gasteiger partial charge in [-0.3, -0.25) is 9.05 Å². The van der Waals surface area contributed by atoms with Crippen molar-refractivity contribution in [2.45, 2.75) is 116 Å². The maximum atomic E-state index is 12.0. The number of ether oxygens (including phenoxy) is 2. The summed E-state index contributed by atoms with van der Waals surface area (Å²) in [5.41, 5.74) is 0. The zero-order valence-corrected chi connectivity index (χ0v) is 26.1. The van der Waals surface area contributed by atoms with Gasteiger partial charge in [-0.05, 0) is 6.42 Å². The standard InChI is InChI=1S/C28H59N2O7P/c1-6-7-8-9-10-11-12-13-14-15-16-17-18-19-20-21-22-29-28(31)35-25-27(34-5)26-37-38(32,33)36-24-23-30(2,3)4/h27H,6-26H2,1-5H3,(H-,29,31,32,33)/p+1. The number of methoxy groups -OCH3 is 1. The third-order valence-electron chi connectivity index (χ3n) is 6.47. The molecule has 0 aliphatic carbocycles. The molecule has 228 valence electrons. The molecule has 1 amide bonds. The number of unbranched alkanes of at least 4 members (excludes halogenated alkanes) is 15. The second-order valence-corrected chi connectivity index (χ2v) is 12.8. The molecule has 0 rings (SSSR count). The summed E-state index contributed by atoms with van der Waals surface area (Å²) in [6.07, 6.45) is 19.8. The van der Waals surface area contributed by atoms with Gasteiger partial charge < -0.3 is 24.2 Å². The lowest BCUT2D eigenvalue weighted by molar-refractivity contribution is -0.870. The molecule has 10 heteroatoms. The molecule has 0 saturated carbocycles. The molecule has 2 N–H and O–H groups in total. The molecule has 0 fully saturated rings. The van der Waals surface area contributed by atoms with Crippen LogP contribution in [0.25, 0.3) is 0 Å². The molecule has 2 atom stereocenters. The molecule has 0 radical (unpaired) electrons. The predicted octanol–water partition coefficient (Wildman–Crippen LogP) is 6.83. The minimum absolute atomic E-state index is 0.0832. The van der Waals surface area contributed by atoms with Gasteiger partial charge >= 0.3 is 13.9 Å². The van der Waals surface area contributed by atoms with Crippen LogP contribution in [0.15, 0.2) is 0 Å². The van der Waals surface area contributed by atoms with Crippen molar-refractivity contribution in [3.8, 4) is 0 Å². The summed E-state index contributed by atoms with van der Waals surface area (Å²) >= 11 is 0. The van der Waals surface area contributed by atoms with Gasteiger partial charge in [0, 0.05) is 13.7 Å². The predicted molar refractivity (Wildman–Crippen MR) is 154 cm³/mol. The molecular weight excluding hydrogens is 507 g/mol. The van der Waals surface area contributed by atoms with Gasteiger partial charge in [0.1, 0.15) is 25.9 Å². The number of phosphoric acid groups is 1. The maximum Gasteiger partial charge on any atom is 0.472 e. The Morgan fingerprint density at radius 2 is 1.26 bits per heavy atom. The van der Waals surface area contributed by atoms with Crippen molar-refractivity contribution in [1.82, 2.24) is 5.32 Å². The lowest BCUT2D eigenvalue weighted by Crippen LogP contribution is -2.37. The summed E-state index contributed by atoms with van der Waals surface area (Å²) in [5.74, 6) is 0. The fourth-order valence-corrected chi connectivity index (χ4v) is 4.65. The van der Waals surface area contributed by atoms with E-state index in [1.165, 1.54) is 97.0 Å². The first-order valence-electron chi connectivity index (χ1n) is 15.0. The van der Waals surface area contributed by atoms with E-state index in [9.17, 15) is 14.3 Å². The number of nitrogens with zero attached hydrogens (tertiary/aromatic N) is 1. The highest BCUT2D eigenvalue weighted by molar-refractivity contribution is 7.47. The molecule has 0 heterocycles. The zero-order valence-electron chi connectivity index (χ0n) is 25.2. The highest BCUT2D eigenvalue weighted by atomic mass is 31.2. The summed E-state index contributed by atoms with van der Waals surface area (Å²) in [6, 6.07) is 0. The number of phosphoric ester groups is 1. The van der Waals surface area contributed by atoms with Crippen LogP contribution in [0.1, 0.15) is 110 Å². The molecule has 0 bridgehead atoms. The molecule has 0 aliphatic heterocycles. The molecular formula is C28H60N2O7P+. The fraction of sp³-hybridized carbons (Fsp3) is 0.964. The maximum absolute atomic E-state index is 12.0. The van der Waals surface area contributed by atoms with Crippen LogP contribution in [0.2, 0.25) is 0 Å². The number of carbonyl (C=O) groups excluding carboxylic acids is 1. The van der Waals surface area contributed by atoms with Crippen molar-refractivity contribution >= 4 is 13.9 Å². The van der Waals surface area contributed by atoms with Crippen molar-refractivity contribution in [3.63, 3.8) is 0 Å². The average molecular weight is 568 g/mol. The van der Waals surface area contributed by atoms with Crippen LogP contribution in [0, 0.1) is 0 Å². The SMILES string of the molecule is CCCCCCCCCCCCCCCCCCNC(=O)OCC(COP(=O)(O)OCC[N+](C)(C)C)OC. The topological polar surface area (TPSA) is 103 Å². The lowest BCUT2D eigenvalue weighted by Gasteiger charge is -2.24. The number of alkyl carbamates (subject to hydrolysis) is 1. The van der Waals surface area contributed by atoms with Crippen LogP contribution < -0.4 is 5.32 Å². The first-order valence-corrected chi connectivity index (χ1v) is 16.4. The van der Waals surface area contributed by atoms with Gasteiger partial charge in [-0.1, -0.05) is 103 Å². The summed E-state index contributed by atoms with van der Waals surface area (Å²) in [4.78, 5) is 21.7. The van der Waals surface area contributed by atoms with Gasteiger partial charge in [0.05, 0.1) is 27.7 Å². The Labute approximate surface area is 233 Å². The summed E-state index contributed by atoms with van der Waals surface area (Å²) in [5, 5.41) is 2.74. The Morgan fingerprint density at radius 3 is 1.71 bits per heavy atom. The number of hydrogen-bond donors (Lipinski definition) is 2. The smallest absolute Gasteiger partial charge is 0.447 e. The Hall–Kier alpha value is -0.700. The number of hydrogen-bond acceptors (Lipinski definition) is 6. The lowest BCUT2D eigenvalue weighted by atomic mass is 10.0. The average Bonchev–Trinajstić information content (AvgIpc) is 2.85. The Kier molecular flexibility index (Phi) is 23.7. The van der Waals surface area contributed by atoms with E-state index in [2.05, 4.69) is 12.2 Å². The minimum atomic E-state index is -4.19. The van der Waals surface area contributed by atoms with Crippen LogP contribution in [-0.2, 0) is 23.1 Å². The molecule has 0 aromatic carbocycles. The molecule has 38 heavy (non-hydrogen) atoms. The van der Waals surface area contributed by atoms with E-state index in [-0.39, 0.29) is 19.8 Å². The van der Waals surface area contributed by atoms with Crippen molar-refractivity contribution in [3.05, 3.63) is 0 Å². The summed E-state index contributed by atoms with van der Waals surface area (Å²) in [7, 11) is 3.10. The number of likely N-dealkylation sites (N-methyl/N-ethyl adjacent to an activating group) is 1. The van der Waals surface area contributed by atoms with Gasteiger partial charge in [-0.2, -0.15) is 0 Å². The van der Waals surface area contributed by atoms with Gasteiger partial charge in [-0.15, -0.1) is 0 Å². The van der Waals surface area contributed by atoms with Crippen molar-refractivity contribution in [1.29, 1.82) is 0 Å². The molecule has 0 saturated heterocycles. The molecule has 2 unspecified atom stereocenters. The molecule has 9 nitrogen and oxygen atoms in total. The quantitative estimate of drug-likeness (QED) is 0.0637. The van der Waals surface area contributed by atoms with E-state index in [0.717, 1.165) is 12.8 Å². The monoisotopic (exact) mass is 567 g/mol. The van der Waals surface area contributed by atoms with Crippen LogP contribution in [-0.4, -0.2) is 82.7 Å². The Balaban J connectivity index is 3.60. The largest absolute Gasteiger partial charge is 0.472 e. The second kappa shape index (κ2) is 24.1. The van der Waals surface area contributed by atoms with E-state index in [4.69, 9.17) is 18.5 Å². The first kappa shape index (κ1) is 37.3. The van der Waals surface area contributed by atoms with E-state index < -0.39 is 20.0 Å². The van der Waals surface area contributed by atoms with E-state index in [1.54, 1.807) is 0 Å². The normalized spacial score (nSPS) is 14.3. The second-order valence-electron chi connectivity index (χ2n) is 11.3. The van der Waals surface area contributed by atoms with Gasteiger partial charge in [-0.25, -0.2) is 9.36 Å². The molecule has 0 aliphatic rings. The van der Waals surface area contributed by atoms with Gasteiger partial charge in [0.25, 0.3) is 0 Å². The van der Waals surface area contributed by atoms with E-state index in [1.807, 2.05) is 21.1 Å². The van der Waals surface area contributed by atoms with Gasteiger partial charge in [0.15, 0.2) is 0 Å². The van der Waals surface area contributed by atoms with E-state index >= 15 is 0 Å². The summed E-state index contributed by atoms with van der Waals surface area (Å²) in [6.45, 7) is 3.18. The number of carbonyl (C=O) groups is 1. The van der Waals surface area contributed by atoms with Crippen molar-refractivity contribution < 1.29 is 37.3 Å². The van der Waals surface area contributed by atoms with Crippen LogP contribution >= 0.6 is 7.82 Å². The van der Waals surface area contributed by atoms with Crippen LogP contribution in [0.4, 0.5) is 4.79 Å². The third-order valence-corrected chi connectivity index (χ3v) is 7.46. The van der Waals surface area contributed by atoms with Crippen LogP contribution in [0.3, 0.4) is 0 Å². The first-order chi connectivity index (χ1) is 18.1. The number of rotatable bonds is 27. The Morgan fingerprint density at radius 1 is 0.789 bits per heavy atom. The fourth-order valence-electron chi connectivity index (χ4n) is 3.91. The minimum Gasteiger partial charge on any atom is -0.447 e. The van der Waals surface area contributed by atoms with Crippen LogP contribution in [0.5, 0.6) is 0 Å². The molecule has 0 spiro atoms. The molecule has 0 aromatic rings. The highest BCUT2D eigenvalue weighted by Crippen LogP contribution is 2.43. The van der Waals surface area contributed by atoms with Crippen molar-refractivity contribution in [2.24, 2.45) is 0 Å². The zero-order chi connectivity index (χ0) is 28.5. The van der Waals surface area contributed by atoms with Gasteiger partial charge in [0.2, 0.25) is 0 Å². The number of quaternary nitrogens is 1. The van der Waals surface area contributed by atoms with E-state index in [0.29, 0.717) is 17.6 Å². The molecule has 0 aromatic heterocycles. The number of amides is 1. The summed E-state index contributed by atoms with van der Waals surface area (Å²) < 4.78 is 32.8. The van der Waals surface area contributed by atoms with Crippen molar-refractivity contribution in [2.75, 3.05) is 61.2 Å². The highest BCUT2D eigenvalue weighted by Gasteiger charge is 2.25.